The second-order valence-electron chi connectivity index (χ2n) is 4.43. The molecule has 0 aromatic heterocycles. The van der Waals surface area contributed by atoms with Crippen molar-refractivity contribution in [1.29, 1.82) is 0 Å². The van der Waals surface area contributed by atoms with Gasteiger partial charge in [-0.1, -0.05) is 13.8 Å². The molecular weight excluding hydrogens is 164 g/mol. The van der Waals surface area contributed by atoms with Gasteiger partial charge in [-0.3, -0.25) is 0 Å². The second kappa shape index (κ2) is 5.58. The quantitative estimate of drug-likeness (QED) is 0.653. The van der Waals surface area contributed by atoms with Crippen LogP contribution >= 0.6 is 0 Å². The summed E-state index contributed by atoms with van der Waals surface area (Å²) in [7, 11) is 1.73. The van der Waals surface area contributed by atoms with E-state index in [0.29, 0.717) is 18.5 Å². The Morgan fingerprint density at radius 2 is 1.92 bits per heavy atom. The Balaban J connectivity index is 3.85. The maximum atomic E-state index is 5.64. The predicted octanol–water partition coefficient (Wildman–Crippen LogP) is 0.984. The fraction of sp³-hybridized carbons (Fsp3) is 1.00. The number of rotatable bonds is 6. The highest BCUT2D eigenvalue weighted by molar-refractivity contribution is 4.77. The van der Waals surface area contributed by atoms with Crippen LogP contribution in [0, 0.1) is 5.92 Å². The third kappa shape index (κ3) is 5.24. The van der Waals surface area contributed by atoms with Gasteiger partial charge in [0.1, 0.15) is 0 Å². The minimum Gasteiger partial charge on any atom is -0.377 e. The van der Waals surface area contributed by atoms with E-state index in [-0.39, 0.29) is 5.60 Å². The van der Waals surface area contributed by atoms with Crippen LogP contribution in [0.2, 0.25) is 0 Å². The Labute approximate surface area is 82.0 Å². The molecule has 0 spiro atoms. The van der Waals surface area contributed by atoms with E-state index in [0.717, 1.165) is 6.54 Å². The highest BCUT2D eigenvalue weighted by Gasteiger charge is 2.19. The van der Waals surface area contributed by atoms with Crippen molar-refractivity contribution >= 4 is 0 Å². The maximum Gasteiger partial charge on any atom is 0.0746 e. The molecule has 13 heavy (non-hydrogen) atoms. The Kier molecular flexibility index (Phi) is 5.53. The Hall–Kier alpha value is -0.120. The van der Waals surface area contributed by atoms with E-state index in [9.17, 15) is 0 Å². The molecule has 0 amide bonds. The van der Waals surface area contributed by atoms with E-state index in [1.807, 2.05) is 0 Å². The molecule has 0 bridgehead atoms. The first-order valence-corrected chi connectivity index (χ1v) is 4.91. The van der Waals surface area contributed by atoms with Gasteiger partial charge in [0.2, 0.25) is 0 Å². The summed E-state index contributed by atoms with van der Waals surface area (Å²) in [6, 6.07) is 0.384. The molecule has 0 saturated heterocycles. The van der Waals surface area contributed by atoms with E-state index in [1.165, 1.54) is 0 Å². The van der Waals surface area contributed by atoms with Crippen molar-refractivity contribution in [3.8, 4) is 0 Å². The van der Waals surface area contributed by atoms with Gasteiger partial charge in [-0.25, -0.2) is 0 Å². The minimum absolute atomic E-state index is 0.109. The first-order valence-electron chi connectivity index (χ1n) is 4.91. The highest BCUT2D eigenvalue weighted by atomic mass is 16.5. The third-order valence-corrected chi connectivity index (χ3v) is 2.40. The normalized spacial score (nSPS) is 15.0. The van der Waals surface area contributed by atoms with E-state index in [1.54, 1.807) is 7.11 Å². The van der Waals surface area contributed by atoms with E-state index >= 15 is 0 Å². The molecule has 0 rings (SSSR count). The summed E-state index contributed by atoms with van der Waals surface area (Å²) in [4.78, 5) is 0. The number of nitrogens with two attached hydrogens (primary N) is 1. The predicted molar refractivity (Wildman–Crippen MR) is 56.8 cm³/mol. The average Bonchev–Trinajstić information content (AvgIpc) is 2.05. The van der Waals surface area contributed by atoms with Gasteiger partial charge in [-0.2, -0.15) is 0 Å². The SMILES string of the molecule is COC(C)(C)CNC(CN)C(C)C. The lowest BCUT2D eigenvalue weighted by molar-refractivity contribution is 0.0201. The maximum absolute atomic E-state index is 5.64. The number of hydrogen-bond donors (Lipinski definition) is 2. The molecule has 3 nitrogen and oxygen atoms in total. The van der Waals surface area contributed by atoms with Crippen molar-refractivity contribution in [2.24, 2.45) is 11.7 Å². The molecule has 3 N–H and O–H groups in total. The minimum atomic E-state index is -0.109. The van der Waals surface area contributed by atoms with Crippen molar-refractivity contribution in [2.45, 2.75) is 39.3 Å². The number of hydrogen-bond acceptors (Lipinski definition) is 3. The number of ether oxygens (including phenoxy) is 1. The van der Waals surface area contributed by atoms with E-state index in [4.69, 9.17) is 10.5 Å². The summed E-state index contributed by atoms with van der Waals surface area (Å²) in [6.45, 7) is 9.98. The zero-order chi connectivity index (χ0) is 10.5. The van der Waals surface area contributed by atoms with Crippen molar-refractivity contribution in [3.05, 3.63) is 0 Å². The van der Waals surface area contributed by atoms with E-state index < -0.39 is 0 Å². The smallest absolute Gasteiger partial charge is 0.0746 e. The summed E-state index contributed by atoms with van der Waals surface area (Å²) in [5.41, 5.74) is 5.53. The van der Waals surface area contributed by atoms with E-state index in [2.05, 4.69) is 33.0 Å². The van der Waals surface area contributed by atoms with Gasteiger partial charge < -0.3 is 15.8 Å². The molecule has 0 aliphatic rings. The topological polar surface area (TPSA) is 47.3 Å². The van der Waals surface area contributed by atoms with Crippen LogP contribution in [-0.4, -0.2) is 31.8 Å². The Morgan fingerprint density at radius 1 is 1.38 bits per heavy atom. The number of nitrogens with one attached hydrogen (secondary N) is 1. The molecule has 1 unspecified atom stereocenters. The van der Waals surface area contributed by atoms with Gasteiger partial charge in [0, 0.05) is 26.2 Å². The molecule has 0 radical (unpaired) electrons. The molecule has 0 aromatic carbocycles. The summed E-state index contributed by atoms with van der Waals surface area (Å²) in [6.07, 6.45) is 0. The van der Waals surface area contributed by atoms with Gasteiger partial charge in [-0.05, 0) is 19.8 Å². The van der Waals surface area contributed by atoms with Gasteiger partial charge in [-0.15, -0.1) is 0 Å². The largest absolute Gasteiger partial charge is 0.377 e. The van der Waals surface area contributed by atoms with Crippen LogP contribution in [0.4, 0.5) is 0 Å². The van der Waals surface area contributed by atoms with Crippen molar-refractivity contribution < 1.29 is 4.74 Å². The summed E-state index contributed by atoms with van der Waals surface area (Å²) in [5.74, 6) is 0.567. The highest BCUT2D eigenvalue weighted by Crippen LogP contribution is 2.07. The zero-order valence-electron chi connectivity index (χ0n) is 9.55. The molecular formula is C10H24N2O. The first kappa shape index (κ1) is 12.9. The van der Waals surface area contributed by atoms with Gasteiger partial charge >= 0.3 is 0 Å². The Bertz CT molecular complexity index is 135. The third-order valence-electron chi connectivity index (χ3n) is 2.40. The fourth-order valence-corrected chi connectivity index (χ4v) is 1.04. The molecule has 0 aromatic rings. The lowest BCUT2D eigenvalue weighted by Gasteiger charge is -2.28. The molecule has 0 aliphatic heterocycles. The zero-order valence-corrected chi connectivity index (χ0v) is 9.55. The lowest BCUT2D eigenvalue weighted by Crippen LogP contribution is -2.47. The second-order valence-corrected chi connectivity index (χ2v) is 4.43. The first-order chi connectivity index (χ1) is 5.93. The molecule has 0 aliphatic carbocycles. The molecule has 80 valence electrons. The molecule has 0 saturated carbocycles. The summed E-state index contributed by atoms with van der Waals surface area (Å²) >= 11 is 0. The molecule has 3 heteroatoms. The van der Waals surface area contributed by atoms with Crippen LogP contribution in [0.3, 0.4) is 0 Å². The average molecular weight is 188 g/mol. The Morgan fingerprint density at radius 3 is 2.23 bits per heavy atom. The summed E-state index contributed by atoms with van der Waals surface area (Å²) in [5, 5.41) is 3.41. The van der Waals surface area contributed by atoms with Crippen LogP contribution in [0.15, 0.2) is 0 Å². The van der Waals surface area contributed by atoms with Crippen LogP contribution in [0.25, 0.3) is 0 Å². The monoisotopic (exact) mass is 188 g/mol. The lowest BCUT2D eigenvalue weighted by atomic mass is 10.0. The molecule has 1 atom stereocenters. The van der Waals surface area contributed by atoms with Gasteiger partial charge in [0.05, 0.1) is 5.60 Å². The fourth-order valence-electron chi connectivity index (χ4n) is 1.04. The van der Waals surface area contributed by atoms with Gasteiger partial charge in [0.15, 0.2) is 0 Å². The number of methoxy groups -OCH3 is 1. The molecule has 0 heterocycles. The van der Waals surface area contributed by atoms with Crippen molar-refractivity contribution in [1.82, 2.24) is 5.32 Å². The van der Waals surface area contributed by atoms with Crippen molar-refractivity contribution in [3.63, 3.8) is 0 Å². The van der Waals surface area contributed by atoms with Crippen molar-refractivity contribution in [2.75, 3.05) is 20.2 Å². The van der Waals surface area contributed by atoms with Crippen LogP contribution < -0.4 is 11.1 Å². The van der Waals surface area contributed by atoms with Crippen LogP contribution in [0.1, 0.15) is 27.7 Å². The van der Waals surface area contributed by atoms with Crippen LogP contribution in [-0.2, 0) is 4.74 Å². The van der Waals surface area contributed by atoms with Crippen LogP contribution in [0.5, 0.6) is 0 Å². The summed E-state index contributed by atoms with van der Waals surface area (Å²) < 4.78 is 5.31. The standard InChI is InChI=1S/C10H24N2O/c1-8(2)9(6-11)12-7-10(3,4)13-5/h8-9,12H,6-7,11H2,1-5H3. The van der Waals surface area contributed by atoms with Gasteiger partial charge in [0.25, 0.3) is 0 Å². The molecule has 0 fully saturated rings.